The molecule has 1 aromatic heterocycles. The van der Waals surface area contributed by atoms with Crippen molar-refractivity contribution < 1.29 is 13.9 Å². The standard InChI is InChI=1S/C21H23FN2O2/c22-19-6-2-1-5-18(19)21(9-10-21)20(25)24(15-17-4-3-13-26-17)14-16-7-11-23-12-8-16/h1-2,5-8,11-12,17H,3-4,9-10,13-15H2/t17-/m1/s1. The molecule has 1 saturated heterocycles. The van der Waals surface area contributed by atoms with Gasteiger partial charge in [-0.1, -0.05) is 18.2 Å². The van der Waals surface area contributed by atoms with Gasteiger partial charge in [0.25, 0.3) is 0 Å². The van der Waals surface area contributed by atoms with Gasteiger partial charge < -0.3 is 9.64 Å². The summed E-state index contributed by atoms with van der Waals surface area (Å²) in [5.74, 6) is -0.283. The Morgan fingerprint density at radius 3 is 2.65 bits per heavy atom. The summed E-state index contributed by atoms with van der Waals surface area (Å²) < 4.78 is 20.1. The van der Waals surface area contributed by atoms with Crippen molar-refractivity contribution in [3.05, 3.63) is 65.7 Å². The van der Waals surface area contributed by atoms with Crippen LogP contribution in [0.2, 0.25) is 0 Å². The number of pyridine rings is 1. The first kappa shape index (κ1) is 17.2. The second-order valence-corrected chi connectivity index (χ2v) is 7.24. The van der Waals surface area contributed by atoms with Crippen molar-refractivity contribution in [3.8, 4) is 0 Å². The lowest BCUT2D eigenvalue weighted by Crippen LogP contribution is -2.43. The third-order valence-corrected chi connectivity index (χ3v) is 5.41. The molecule has 0 bridgehead atoms. The van der Waals surface area contributed by atoms with Crippen LogP contribution < -0.4 is 0 Å². The van der Waals surface area contributed by atoms with Crippen LogP contribution >= 0.6 is 0 Å². The van der Waals surface area contributed by atoms with Crippen molar-refractivity contribution in [3.63, 3.8) is 0 Å². The van der Waals surface area contributed by atoms with E-state index >= 15 is 0 Å². The molecule has 1 aliphatic heterocycles. The molecular weight excluding hydrogens is 331 g/mol. The number of ether oxygens (including phenoxy) is 1. The number of carbonyl (C=O) groups is 1. The van der Waals surface area contributed by atoms with Crippen LogP contribution in [-0.4, -0.2) is 35.0 Å². The number of hydrogen-bond donors (Lipinski definition) is 0. The molecule has 2 fully saturated rings. The van der Waals surface area contributed by atoms with Crippen molar-refractivity contribution in [2.24, 2.45) is 0 Å². The summed E-state index contributed by atoms with van der Waals surface area (Å²) >= 11 is 0. The van der Waals surface area contributed by atoms with Crippen molar-refractivity contribution in [2.45, 2.75) is 43.7 Å². The molecule has 1 aromatic carbocycles. The summed E-state index contributed by atoms with van der Waals surface area (Å²) in [5, 5.41) is 0. The zero-order valence-electron chi connectivity index (χ0n) is 14.7. The minimum absolute atomic E-state index is 0.00918. The van der Waals surface area contributed by atoms with Gasteiger partial charge in [0.1, 0.15) is 5.82 Å². The van der Waals surface area contributed by atoms with E-state index in [1.165, 1.54) is 6.07 Å². The van der Waals surface area contributed by atoms with E-state index in [0.29, 0.717) is 31.5 Å². The van der Waals surface area contributed by atoms with Crippen LogP contribution in [0.1, 0.15) is 36.8 Å². The molecular formula is C21H23FN2O2. The maximum Gasteiger partial charge on any atom is 0.233 e. The molecule has 1 amide bonds. The fourth-order valence-corrected chi connectivity index (χ4v) is 3.84. The van der Waals surface area contributed by atoms with Gasteiger partial charge in [0.15, 0.2) is 0 Å². The van der Waals surface area contributed by atoms with Crippen LogP contribution in [0, 0.1) is 5.82 Å². The number of aromatic nitrogens is 1. The summed E-state index contributed by atoms with van der Waals surface area (Å²) in [5.41, 5.74) is 0.838. The lowest BCUT2D eigenvalue weighted by atomic mass is 9.93. The molecule has 4 rings (SSSR count). The number of nitrogens with zero attached hydrogens (tertiary/aromatic N) is 2. The quantitative estimate of drug-likeness (QED) is 0.798. The lowest BCUT2D eigenvalue weighted by Gasteiger charge is -2.30. The molecule has 0 radical (unpaired) electrons. The Kier molecular flexibility index (Phi) is 4.72. The van der Waals surface area contributed by atoms with Gasteiger partial charge in [-0.05, 0) is 49.4 Å². The Labute approximate surface area is 153 Å². The summed E-state index contributed by atoms with van der Waals surface area (Å²) in [6, 6.07) is 10.5. The van der Waals surface area contributed by atoms with E-state index in [9.17, 15) is 9.18 Å². The van der Waals surface area contributed by atoms with Crippen molar-refractivity contribution in [2.75, 3.05) is 13.2 Å². The van der Waals surface area contributed by atoms with Gasteiger partial charge in [0, 0.05) is 37.7 Å². The fourth-order valence-electron chi connectivity index (χ4n) is 3.84. The summed E-state index contributed by atoms with van der Waals surface area (Å²) in [6.45, 7) is 1.80. The van der Waals surface area contributed by atoms with E-state index in [0.717, 1.165) is 25.0 Å². The first-order chi connectivity index (χ1) is 12.7. The zero-order chi connectivity index (χ0) is 18.0. The molecule has 1 aliphatic carbocycles. The predicted octanol–water partition coefficient (Wildman–Crippen LogP) is 3.46. The smallest absolute Gasteiger partial charge is 0.233 e. The molecule has 2 heterocycles. The Bertz CT molecular complexity index is 771. The number of carbonyl (C=O) groups excluding carboxylic acids is 1. The summed E-state index contributed by atoms with van der Waals surface area (Å²) in [4.78, 5) is 19.4. The number of hydrogen-bond acceptors (Lipinski definition) is 3. The molecule has 4 nitrogen and oxygen atoms in total. The highest BCUT2D eigenvalue weighted by atomic mass is 19.1. The Balaban J connectivity index is 1.60. The zero-order valence-corrected chi connectivity index (χ0v) is 14.7. The highest BCUT2D eigenvalue weighted by Crippen LogP contribution is 2.50. The van der Waals surface area contributed by atoms with Crippen LogP contribution in [0.25, 0.3) is 0 Å². The highest BCUT2D eigenvalue weighted by molar-refractivity contribution is 5.91. The number of amides is 1. The van der Waals surface area contributed by atoms with E-state index in [4.69, 9.17) is 4.74 Å². The monoisotopic (exact) mass is 354 g/mol. The highest BCUT2D eigenvalue weighted by Gasteiger charge is 2.54. The average Bonchev–Trinajstić information content (AvgIpc) is 3.31. The molecule has 136 valence electrons. The molecule has 26 heavy (non-hydrogen) atoms. The van der Waals surface area contributed by atoms with Gasteiger partial charge >= 0.3 is 0 Å². The van der Waals surface area contributed by atoms with Crippen LogP contribution in [-0.2, 0) is 21.5 Å². The van der Waals surface area contributed by atoms with Gasteiger partial charge in [0.2, 0.25) is 5.91 Å². The molecule has 0 N–H and O–H groups in total. The Morgan fingerprint density at radius 2 is 2.00 bits per heavy atom. The van der Waals surface area contributed by atoms with E-state index in [1.807, 2.05) is 17.0 Å². The summed E-state index contributed by atoms with van der Waals surface area (Å²) in [7, 11) is 0. The van der Waals surface area contributed by atoms with Gasteiger partial charge in [0.05, 0.1) is 11.5 Å². The van der Waals surface area contributed by atoms with E-state index in [1.54, 1.807) is 30.6 Å². The normalized spacial score (nSPS) is 20.7. The summed E-state index contributed by atoms with van der Waals surface area (Å²) in [6.07, 6.45) is 6.92. The largest absolute Gasteiger partial charge is 0.376 e. The van der Waals surface area contributed by atoms with Gasteiger partial charge in [-0.2, -0.15) is 0 Å². The topological polar surface area (TPSA) is 42.4 Å². The van der Waals surface area contributed by atoms with Crippen molar-refractivity contribution >= 4 is 5.91 Å². The Morgan fingerprint density at radius 1 is 1.23 bits per heavy atom. The number of rotatable bonds is 6. The van der Waals surface area contributed by atoms with Crippen LogP contribution in [0.4, 0.5) is 4.39 Å². The van der Waals surface area contributed by atoms with Gasteiger partial charge in [-0.15, -0.1) is 0 Å². The number of halogens is 1. The third-order valence-electron chi connectivity index (χ3n) is 5.41. The molecule has 2 aromatic rings. The van der Waals surface area contributed by atoms with E-state index in [-0.39, 0.29) is 17.8 Å². The Hall–Kier alpha value is -2.27. The predicted molar refractivity (Wildman–Crippen MR) is 95.9 cm³/mol. The molecule has 2 aliphatic rings. The van der Waals surface area contributed by atoms with Gasteiger partial charge in [-0.3, -0.25) is 9.78 Å². The number of benzene rings is 1. The average molecular weight is 354 g/mol. The maximum atomic E-state index is 14.4. The van der Waals surface area contributed by atoms with E-state index < -0.39 is 5.41 Å². The lowest BCUT2D eigenvalue weighted by molar-refractivity contribution is -0.136. The van der Waals surface area contributed by atoms with Crippen LogP contribution in [0.15, 0.2) is 48.8 Å². The molecule has 1 atom stereocenters. The minimum atomic E-state index is -0.711. The van der Waals surface area contributed by atoms with Crippen molar-refractivity contribution in [1.29, 1.82) is 0 Å². The fraction of sp³-hybridized carbons (Fsp3) is 0.429. The second kappa shape index (κ2) is 7.16. The SMILES string of the molecule is O=C(N(Cc1ccncc1)C[C@H]1CCCO1)C1(c2ccccc2F)CC1. The second-order valence-electron chi connectivity index (χ2n) is 7.24. The maximum absolute atomic E-state index is 14.4. The first-order valence-electron chi connectivity index (χ1n) is 9.24. The van der Waals surface area contributed by atoms with Gasteiger partial charge in [-0.25, -0.2) is 4.39 Å². The first-order valence-corrected chi connectivity index (χ1v) is 9.24. The van der Waals surface area contributed by atoms with Crippen LogP contribution in [0.3, 0.4) is 0 Å². The van der Waals surface area contributed by atoms with Crippen LogP contribution in [0.5, 0.6) is 0 Å². The minimum Gasteiger partial charge on any atom is -0.376 e. The molecule has 0 spiro atoms. The van der Waals surface area contributed by atoms with Crippen molar-refractivity contribution in [1.82, 2.24) is 9.88 Å². The molecule has 5 heteroatoms. The van der Waals surface area contributed by atoms with E-state index in [2.05, 4.69) is 4.98 Å². The molecule has 0 unspecified atom stereocenters. The third kappa shape index (κ3) is 3.36. The molecule has 1 saturated carbocycles.